The number of β-amino-alcohol motifs (C(OH)–C–C–N with tert-alkyl or cyclic N) is 2. The zero-order valence-electron chi connectivity index (χ0n) is 45.2. The third-order valence-corrected chi connectivity index (χ3v) is 16.4. The Labute approximate surface area is 458 Å². The molecule has 0 saturated carbocycles. The zero-order chi connectivity index (χ0) is 55.1. The van der Waals surface area contributed by atoms with Gasteiger partial charge in [-0.1, -0.05) is 113 Å². The van der Waals surface area contributed by atoms with Gasteiger partial charge in [0, 0.05) is 38.4 Å². The summed E-state index contributed by atoms with van der Waals surface area (Å²) in [6.07, 6.45) is 3.22. The number of carbonyl (C=O) groups excluding carboxylic acids is 4. The molecule has 16 nitrogen and oxygen atoms in total. The number of aryl methyl sites for hydroxylation is 3. The van der Waals surface area contributed by atoms with Gasteiger partial charge in [-0.3, -0.25) is 23.9 Å². The summed E-state index contributed by atoms with van der Waals surface area (Å²) in [7, 11) is 0. The second-order valence-corrected chi connectivity index (χ2v) is 22.7. The highest BCUT2D eigenvalue weighted by molar-refractivity contribution is 7.13. The van der Waals surface area contributed by atoms with Gasteiger partial charge in [0.15, 0.2) is 11.5 Å². The number of aromatic nitrogens is 5. The SMILES string of the molecule is CC[C@H](NC(=O)[C@@H]1C[C@@H](O)CN1C(=O)[C@@H](c1cc(C)no1)C(C)C)c1ccc(-c2scnc2C)cc1.Cc1ncsc1-c1ccc([C@H](C)CC(=O)[C@@H]2C[C@@H](O)CN2C(=O)[C@H](C(C)C)n2cc(Oc3ccccc3)cn2)cc1. The standard InChI is InChI=1S/C32H36N4O4S.C27H34N4O4S/c1-20(2)30(36-18-27(16-34-36)40-26-8-6-5-7-9-26)32(39)35-17-25(37)15-28(35)29(38)14-21(3)23-10-12-24(13-11-23)31-22(4)33-19-41-31;1-6-21(18-7-9-19(10-8-18)25-17(5)28-14-36-25)29-26(33)22-12-20(32)13-31(22)27(34)24(15(2)3)23-11-16(4)30-35-23/h5-13,16,18-21,25,28,30,37H,14-15,17H2,1-4H3;7-11,14-15,20-22,24,32H,6,12-13H2,1-5H3,(H,29,33)/t21-,25-,28+,30+;20-,21+,22+,24-/m11/s1. The number of benzene rings is 3. The molecule has 4 aromatic heterocycles. The monoisotopic (exact) mass is 1080 g/mol. The van der Waals surface area contributed by atoms with Crippen molar-refractivity contribution < 1.29 is 38.7 Å². The minimum atomic E-state index is -0.754. The minimum absolute atomic E-state index is 0.0292. The van der Waals surface area contributed by atoms with E-state index in [0.29, 0.717) is 29.4 Å². The molecule has 0 aliphatic carbocycles. The summed E-state index contributed by atoms with van der Waals surface area (Å²) >= 11 is 3.22. The average Bonchev–Trinajstić information content (AvgIpc) is 4.31. The van der Waals surface area contributed by atoms with Crippen molar-refractivity contribution in [2.75, 3.05) is 13.1 Å². The van der Waals surface area contributed by atoms with Crippen LogP contribution >= 0.6 is 22.7 Å². The first-order valence-electron chi connectivity index (χ1n) is 26.4. The van der Waals surface area contributed by atoms with E-state index < -0.39 is 36.3 Å². The van der Waals surface area contributed by atoms with Crippen molar-refractivity contribution in [3.8, 4) is 32.4 Å². The largest absolute Gasteiger partial charge is 0.454 e. The Kier molecular flexibility index (Phi) is 18.4. The third-order valence-electron chi connectivity index (χ3n) is 14.5. The van der Waals surface area contributed by atoms with E-state index >= 15 is 0 Å². The van der Waals surface area contributed by atoms with Crippen molar-refractivity contribution in [1.29, 1.82) is 0 Å². The number of likely N-dealkylation sites (tertiary alicyclic amines) is 2. The molecule has 0 bridgehead atoms. The van der Waals surface area contributed by atoms with Crippen LogP contribution in [-0.2, 0) is 19.2 Å². The number of ether oxygens (including phenoxy) is 1. The summed E-state index contributed by atoms with van der Waals surface area (Å²) in [6.45, 7) is 17.9. The quantitative estimate of drug-likeness (QED) is 0.0734. The Balaban J connectivity index is 0.000000205. The first kappa shape index (κ1) is 56.3. The van der Waals surface area contributed by atoms with Crippen LogP contribution < -0.4 is 10.1 Å². The number of thiazole rings is 2. The number of carbonyl (C=O) groups is 4. The van der Waals surface area contributed by atoms with Gasteiger partial charge in [-0.2, -0.15) is 5.10 Å². The summed E-state index contributed by atoms with van der Waals surface area (Å²) in [5.41, 5.74) is 10.6. The normalized spacial score (nSPS) is 18.9. The molecule has 3 aromatic carbocycles. The van der Waals surface area contributed by atoms with Crippen molar-refractivity contribution in [2.24, 2.45) is 11.8 Å². The number of aliphatic hydroxyl groups excluding tert-OH is 2. The summed E-state index contributed by atoms with van der Waals surface area (Å²) in [5, 5.41) is 32.4. The molecule has 2 aliphatic heterocycles. The molecule has 8 atom stereocenters. The molecule has 2 saturated heterocycles. The number of para-hydroxylation sites is 1. The maximum Gasteiger partial charge on any atom is 0.248 e. The molecule has 2 aliphatic rings. The van der Waals surface area contributed by atoms with Gasteiger partial charge < -0.3 is 34.6 Å². The number of rotatable bonds is 18. The van der Waals surface area contributed by atoms with E-state index in [1.54, 1.807) is 57.6 Å². The van der Waals surface area contributed by atoms with Gasteiger partial charge in [0.25, 0.3) is 0 Å². The molecule has 3 amide bonds. The molecule has 9 rings (SSSR count). The van der Waals surface area contributed by atoms with Crippen LogP contribution in [0, 0.1) is 32.6 Å². The lowest BCUT2D eigenvalue weighted by Gasteiger charge is -2.30. The molecular formula is C59H70N8O8S2. The lowest BCUT2D eigenvalue weighted by Crippen LogP contribution is -2.48. The third kappa shape index (κ3) is 13.3. The van der Waals surface area contributed by atoms with Crippen LogP contribution in [0.3, 0.4) is 0 Å². The van der Waals surface area contributed by atoms with Gasteiger partial charge in [-0.05, 0) is 79.3 Å². The summed E-state index contributed by atoms with van der Waals surface area (Å²) in [5.74, 6) is 0.174. The van der Waals surface area contributed by atoms with E-state index in [1.165, 1.54) is 4.90 Å². The number of nitrogens with zero attached hydrogens (tertiary/aromatic N) is 7. The number of aliphatic hydroxyl groups is 2. The number of amides is 3. The van der Waals surface area contributed by atoms with Crippen molar-refractivity contribution in [3.05, 3.63) is 142 Å². The highest BCUT2D eigenvalue weighted by atomic mass is 32.1. The van der Waals surface area contributed by atoms with E-state index in [9.17, 15) is 29.4 Å². The zero-order valence-corrected chi connectivity index (χ0v) is 46.8. The molecule has 406 valence electrons. The Bertz CT molecular complexity index is 3090. The smallest absolute Gasteiger partial charge is 0.248 e. The number of nitrogens with one attached hydrogen (secondary N) is 1. The topological polar surface area (TPSA) is 206 Å². The van der Waals surface area contributed by atoms with E-state index in [0.717, 1.165) is 43.4 Å². The van der Waals surface area contributed by atoms with Crippen LogP contribution in [0.2, 0.25) is 0 Å². The van der Waals surface area contributed by atoms with E-state index in [1.807, 2.05) is 121 Å². The van der Waals surface area contributed by atoms with Gasteiger partial charge in [-0.15, -0.1) is 22.7 Å². The number of hydrogen-bond acceptors (Lipinski definition) is 14. The van der Waals surface area contributed by atoms with Gasteiger partial charge in [0.1, 0.15) is 29.5 Å². The van der Waals surface area contributed by atoms with E-state index in [4.69, 9.17) is 9.26 Å². The summed E-state index contributed by atoms with van der Waals surface area (Å²) in [6, 6.07) is 25.3. The molecule has 0 spiro atoms. The van der Waals surface area contributed by atoms with Gasteiger partial charge in [-0.25, -0.2) is 9.97 Å². The average molecular weight is 1080 g/mol. The fourth-order valence-electron chi connectivity index (χ4n) is 10.4. The molecule has 18 heteroatoms. The van der Waals surface area contributed by atoms with Crippen LogP contribution in [0.1, 0.15) is 125 Å². The molecule has 3 N–H and O–H groups in total. The van der Waals surface area contributed by atoms with Gasteiger partial charge >= 0.3 is 0 Å². The van der Waals surface area contributed by atoms with Crippen molar-refractivity contribution in [3.63, 3.8) is 0 Å². The fourth-order valence-corrected chi connectivity index (χ4v) is 12.0. The van der Waals surface area contributed by atoms with Crippen molar-refractivity contribution in [2.45, 2.75) is 136 Å². The fraction of sp³-hybridized carbons (Fsp3) is 0.424. The molecule has 77 heavy (non-hydrogen) atoms. The maximum atomic E-state index is 13.9. The number of ketones is 1. The molecule has 7 aromatic rings. The van der Waals surface area contributed by atoms with Crippen LogP contribution in [0.25, 0.3) is 20.9 Å². The Hall–Kier alpha value is -6.86. The second-order valence-electron chi connectivity index (χ2n) is 21.0. The maximum absolute atomic E-state index is 13.9. The Morgan fingerprint density at radius 2 is 1.31 bits per heavy atom. The molecule has 0 unspecified atom stereocenters. The first-order chi connectivity index (χ1) is 36.9. The summed E-state index contributed by atoms with van der Waals surface area (Å²) in [4.78, 5) is 68.5. The van der Waals surface area contributed by atoms with Crippen molar-refractivity contribution in [1.82, 2.24) is 40.0 Å². The second kappa shape index (κ2) is 25.1. The number of hydrogen-bond donors (Lipinski definition) is 3. The van der Waals surface area contributed by atoms with Gasteiger partial charge in [0.2, 0.25) is 17.7 Å². The lowest BCUT2D eigenvalue weighted by molar-refractivity contribution is -0.142. The minimum Gasteiger partial charge on any atom is -0.454 e. The Morgan fingerprint density at radius 1 is 0.740 bits per heavy atom. The highest BCUT2D eigenvalue weighted by Gasteiger charge is 2.45. The first-order valence-corrected chi connectivity index (χ1v) is 28.2. The Morgan fingerprint density at radius 3 is 1.83 bits per heavy atom. The van der Waals surface area contributed by atoms with Crippen LogP contribution in [-0.4, -0.2) is 106 Å². The van der Waals surface area contributed by atoms with Crippen LogP contribution in [0.15, 0.2) is 113 Å². The molecule has 0 radical (unpaired) electrons. The molecular weight excluding hydrogens is 1010 g/mol. The van der Waals surface area contributed by atoms with Crippen molar-refractivity contribution >= 4 is 46.2 Å². The predicted molar refractivity (Wildman–Crippen MR) is 297 cm³/mol. The van der Waals surface area contributed by atoms with Crippen LogP contribution in [0.4, 0.5) is 0 Å². The molecule has 2 fully saturated rings. The lowest BCUT2D eigenvalue weighted by atomic mass is 9.91. The van der Waals surface area contributed by atoms with E-state index in [-0.39, 0.29) is 79.7 Å². The predicted octanol–water partition coefficient (Wildman–Crippen LogP) is 10.4. The van der Waals surface area contributed by atoms with Gasteiger partial charge in [0.05, 0.1) is 74.5 Å². The van der Waals surface area contributed by atoms with E-state index in [2.05, 4.69) is 49.8 Å². The van der Waals surface area contributed by atoms with Crippen LogP contribution in [0.5, 0.6) is 11.5 Å². The summed E-state index contributed by atoms with van der Waals surface area (Å²) < 4.78 is 12.9. The molecule has 6 heterocycles. The highest BCUT2D eigenvalue weighted by Crippen LogP contribution is 2.35. The number of Topliss-reactive ketones (excluding diaryl/α,β-unsaturated/α-hetero) is 1.